The van der Waals surface area contributed by atoms with Gasteiger partial charge in [-0.1, -0.05) is 0 Å². The second-order valence-electron chi connectivity index (χ2n) is 12.6. The number of allylic oxidation sites excluding steroid dienone is 2. The summed E-state index contributed by atoms with van der Waals surface area (Å²) in [6, 6.07) is 31.2. The van der Waals surface area contributed by atoms with E-state index in [1.165, 1.54) is 55.7 Å². The van der Waals surface area contributed by atoms with Crippen LogP contribution in [0.2, 0.25) is 13.1 Å². The normalized spacial score (nSPS) is 15.6. The molecule has 0 spiro atoms. The fraction of sp³-hybridized carbons (Fsp3) is 0.158. The Morgan fingerprint density at radius 2 is 0.917 bits per heavy atom. The molecule has 0 unspecified atom stereocenters. The van der Waals surface area contributed by atoms with Crippen LogP contribution in [0.1, 0.15) is 43.4 Å². The minimum Gasteiger partial charge on any atom is -1.00 e. The van der Waals surface area contributed by atoms with E-state index in [2.05, 4.69) is 154 Å². The van der Waals surface area contributed by atoms with Gasteiger partial charge in [-0.15, -0.1) is 0 Å². The van der Waals surface area contributed by atoms with E-state index in [0.717, 1.165) is 11.4 Å². The number of rotatable bonds is 6. The Bertz CT molecular complexity index is 2040. The maximum atomic E-state index is 4.18. The van der Waals surface area contributed by atoms with E-state index < -0.39 is 25.8 Å². The zero-order valence-corrected chi connectivity index (χ0v) is 32.1. The van der Waals surface area contributed by atoms with Crippen LogP contribution in [-0.4, -0.2) is 35.0 Å². The molecule has 2 heterocycles. The SMILES string of the molecule is CC1=Cc2c(cc(-c3ccccc3)cc2-n2cnnc2)[C@@H]1[Zr+2]([C@H]1C(C)=Cc2c1cc(-c1ccccc1)cc2-n1cnnc1)=[Si](C)C.[Cl-].[Cl-]. The molecule has 0 fully saturated rings. The molecule has 0 amide bonds. The topological polar surface area (TPSA) is 61.4 Å². The summed E-state index contributed by atoms with van der Waals surface area (Å²) < 4.78 is 5.13. The van der Waals surface area contributed by atoms with Gasteiger partial charge >= 0.3 is 279 Å². The average molecular weight is 765 g/mol. The number of halogens is 2. The standard InChI is InChI=1S/2C18H14N3.C2H6Si.2ClH.Zr/c2*1-13-7-16-9-15(14-5-3-2-4-6-14)10-18(17(16)8-13)21-11-19-20-12-21;1-3-2;;;/h2*2-12H,1H3;1-2H3;2*1H;/q;;;;;+2/p-2. The molecule has 4 aromatic carbocycles. The molecule has 0 bridgehead atoms. The second kappa shape index (κ2) is 14.0. The predicted molar refractivity (Wildman–Crippen MR) is 184 cm³/mol. The molecule has 0 aliphatic heterocycles. The van der Waals surface area contributed by atoms with Crippen LogP contribution in [-0.2, 0) is 20.4 Å². The molecular formula is C38H34Cl2N6SiZr. The van der Waals surface area contributed by atoms with Gasteiger partial charge in [0.25, 0.3) is 0 Å². The Morgan fingerprint density at radius 1 is 0.542 bits per heavy atom. The molecule has 2 aromatic heterocycles. The van der Waals surface area contributed by atoms with E-state index in [0.29, 0.717) is 7.25 Å². The molecule has 6 aromatic rings. The molecule has 0 saturated carbocycles. The largest absolute Gasteiger partial charge is 1.00 e. The Morgan fingerprint density at radius 3 is 1.27 bits per heavy atom. The predicted octanol–water partition coefficient (Wildman–Crippen LogP) is 2.68. The summed E-state index contributed by atoms with van der Waals surface area (Å²) >= 11 is -2.37. The fourth-order valence-electron chi connectivity index (χ4n) is 7.47. The van der Waals surface area contributed by atoms with Crippen LogP contribution < -0.4 is 24.8 Å². The molecule has 8 rings (SSSR count). The molecule has 238 valence electrons. The minimum absolute atomic E-state index is 0. The van der Waals surface area contributed by atoms with E-state index in [1.807, 2.05) is 25.3 Å². The molecule has 48 heavy (non-hydrogen) atoms. The van der Waals surface area contributed by atoms with Crippen molar-refractivity contribution >= 4 is 17.6 Å². The van der Waals surface area contributed by atoms with Gasteiger partial charge in [0.2, 0.25) is 0 Å². The van der Waals surface area contributed by atoms with E-state index in [1.54, 1.807) is 0 Å². The van der Waals surface area contributed by atoms with Crippen molar-refractivity contribution in [1.29, 1.82) is 0 Å². The molecule has 2 aliphatic rings. The average Bonchev–Trinajstić information content (AvgIpc) is 3.90. The summed E-state index contributed by atoms with van der Waals surface area (Å²) in [5, 5.41) is 16.7. The molecule has 2 atom stereocenters. The fourth-order valence-corrected chi connectivity index (χ4v) is 28.1. The van der Waals surface area contributed by atoms with Gasteiger partial charge < -0.3 is 24.8 Å². The van der Waals surface area contributed by atoms with Crippen LogP contribution in [0.5, 0.6) is 0 Å². The minimum atomic E-state index is -2.37. The summed E-state index contributed by atoms with van der Waals surface area (Å²) in [5.74, 6) is 0. The van der Waals surface area contributed by atoms with Gasteiger partial charge in [-0.2, -0.15) is 0 Å². The van der Waals surface area contributed by atoms with Gasteiger partial charge in [0.15, 0.2) is 0 Å². The quantitative estimate of drug-likeness (QED) is 0.245. The van der Waals surface area contributed by atoms with E-state index in [9.17, 15) is 0 Å². The van der Waals surface area contributed by atoms with Crippen molar-refractivity contribution in [3.8, 4) is 33.6 Å². The third-order valence-electron chi connectivity index (χ3n) is 9.46. The first-order chi connectivity index (χ1) is 22.5. The summed E-state index contributed by atoms with van der Waals surface area (Å²) in [6.45, 7) is 9.93. The number of benzene rings is 4. The Labute approximate surface area is 301 Å². The van der Waals surface area contributed by atoms with Crippen LogP contribution >= 0.6 is 0 Å². The van der Waals surface area contributed by atoms with E-state index in [4.69, 9.17) is 0 Å². The van der Waals surface area contributed by atoms with Gasteiger partial charge in [0, 0.05) is 0 Å². The zero-order chi connectivity index (χ0) is 31.4. The summed E-state index contributed by atoms with van der Waals surface area (Å²) in [6.07, 6.45) is 12.2. The maximum Gasteiger partial charge on any atom is -1.00 e. The summed E-state index contributed by atoms with van der Waals surface area (Å²) in [5.41, 5.74) is 15.3. The number of hydrogen-bond donors (Lipinski definition) is 0. The van der Waals surface area contributed by atoms with Crippen LogP contribution in [0.15, 0.2) is 121 Å². The second-order valence-corrected chi connectivity index (χ2v) is 30.4. The molecule has 2 aliphatic carbocycles. The van der Waals surface area contributed by atoms with Crippen molar-refractivity contribution in [3.05, 3.63) is 144 Å². The molecule has 0 N–H and O–H groups in total. The molecule has 6 nitrogen and oxygen atoms in total. The maximum absolute atomic E-state index is 4.18. The molecule has 10 heteroatoms. The van der Waals surface area contributed by atoms with E-state index in [-0.39, 0.29) is 24.8 Å². The number of aromatic nitrogens is 6. The summed E-state index contributed by atoms with van der Waals surface area (Å²) in [4.78, 5) is 0. The van der Waals surface area contributed by atoms with Crippen LogP contribution in [0.4, 0.5) is 0 Å². The number of nitrogens with zero attached hydrogens (tertiary/aromatic N) is 6. The van der Waals surface area contributed by atoms with Crippen molar-refractivity contribution in [1.82, 2.24) is 29.5 Å². The zero-order valence-electron chi connectivity index (χ0n) is 27.1. The van der Waals surface area contributed by atoms with Crippen molar-refractivity contribution < 1.29 is 45.2 Å². The first-order valence-electron chi connectivity index (χ1n) is 15.7. The van der Waals surface area contributed by atoms with Crippen molar-refractivity contribution in [2.45, 2.75) is 34.2 Å². The smallest absolute Gasteiger partial charge is 1.00 e. The molecule has 0 radical (unpaired) electrons. The van der Waals surface area contributed by atoms with Crippen LogP contribution in [0.25, 0.3) is 45.8 Å². The van der Waals surface area contributed by atoms with Gasteiger partial charge in [-0.3, -0.25) is 0 Å². The van der Waals surface area contributed by atoms with Crippen molar-refractivity contribution in [2.24, 2.45) is 0 Å². The van der Waals surface area contributed by atoms with Gasteiger partial charge in [0.1, 0.15) is 0 Å². The first-order valence-corrected chi connectivity index (χ1v) is 24.7. The molecular weight excluding hydrogens is 731 g/mol. The Balaban J connectivity index is 0.00000201. The van der Waals surface area contributed by atoms with Gasteiger partial charge in [-0.25, -0.2) is 0 Å². The monoisotopic (exact) mass is 762 g/mol. The van der Waals surface area contributed by atoms with Gasteiger partial charge in [-0.05, 0) is 0 Å². The van der Waals surface area contributed by atoms with Crippen LogP contribution in [0, 0.1) is 0 Å². The van der Waals surface area contributed by atoms with Crippen LogP contribution in [0.3, 0.4) is 0 Å². The first kappa shape index (κ1) is 34.2. The third-order valence-corrected chi connectivity index (χ3v) is 29.4. The third kappa shape index (κ3) is 5.94. The number of hydrogen-bond acceptors (Lipinski definition) is 4. The Kier molecular flexibility index (Phi) is 10.0. The summed E-state index contributed by atoms with van der Waals surface area (Å²) in [7, 11) is 0. The van der Waals surface area contributed by atoms with E-state index >= 15 is 0 Å². The number of fused-ring (bicyclic) bond motifs is 2. The Hall–Kier alpha value is -3.68. The van der Waals surface area contributed by atoms with Gasteiger partial charge in [0.05, 0.1) is 0 Å². The molecule has 0 saturated heterocycles. The van der Waals surface area contributed by atoms with Crippen molar-refractivity contribution in [3.63, 3.8) is 0 Å². The van der Waals surface area contributed by atoms with Crippen molar-refractivity contribution in [2.75, 3.05) is 0 Å².